The van der Waals surface area contributed by atoms with Crippen LogP contribution in [0.3, 0.4) is 0 Å². The number of thiophene rings is 1. The normalized spacial score (nSPS) is 16.3. The van der Waals surface area contributed by atoms with Gasteiger partial charge in [0.25, 0.3) is 0 Å². The first-order chi connectivity index (χ1) is 10.2. The van der Waals surface area contributed by atoms with Crippen molar-refractivity contribution in [2.75, 3.05) is 26.7 Å². The molecule has 118 valence electrons. The SMILES string of the molecule is CN(Cc1ccsc1)C(=O)CN(CCO)C1CCCCC1. The average molecular weight is 310 g/mol. The van der Waals surface area contributed by atoms with E-state index in [1.165, 1.54) is 24.8 Å². The van der Waals surface area contributed by atoms with E-state index in [2.05, 4.69) is 16.3 Å². The van der Waals surface area contributed by atoms with Crippen molar-refractivity contribution in [3.05, 3.63) is 22.4 Å². The van der Waals surface area contributed by atoms with Crippen LogP contribution in [0.5, 0.6) is 0 Å². The van der Waals surface area contributed by atoms with Gasteiger partial charge < -0.3 is 10.0 Å². The number of aliphatic hydroxyl groups is 1. The maximum atomic E-state index is 12.4. The quantitative estimate of drug-likeness (QED) is 0.840. The second kappa shape index (κ2) is 8.51. The van der Waals surface area contributed by atoms with Crippen molar-refractivity contribution in [2.45, 2.75) is 44.7 Å². The standard InChI is InChI=1S/C16H26N2O2S/c1-17(11-14-7-10-21-13-14)16(20)12-18(8-9-19)15-5-3-2-4-6-15/h7,10,13,15,19H,2-6,8-9,11-12H2,1H3. The Balaban J connectivity index is 1.87. The second-order valence-electron chi connectivity index (χ2n) is 5.87. The highest BCUT2D eigenvalue weighted by atomic mass is 32.1. The van der Waals surface area contributed by atoms with Crippen LogP contribution in [0.1, 0.15) is 37.7 Å². The van der Waals surface area contributed by atoms with E-state index in [4.69, 9.17) is 0 Å². The summed E-state index contributed by atoms with van der Waals surface area (Å²) in [6.45, 7) is 1.81. The molecule has 1 heterocycles. The molecule has 4 nitrogen and oxygen atoms in total. The van der Waals surface area contributed by atoms with E-state index in [1.54, 1.807) is 16.2 Å². The minimum atomic E-state index is 0.123. The smallest absolute Gasteiger partial charge is 0.236 e. The lowest BCUT2D eigenvalue weighted by atomic mass is 9.94. The highest BCUT2D eigenvalue weighted by molar-refractivity contribution is 7.07. The van der Waals surface area contributed by atoms with Crippen molar-refractivity contribution >= 4 is 17.2 Å². The van der Waals surface area contributed by atoms with Crippen molar-refractivity contribution in [1.82, 2.24) is 9.80 Å². The van der Waals surface area contributed by atoms with E-state index in [0.29, 0.717) is 25.7 Å². The van der Waals surface area contributed by atoms with Gasteiger partial charge in [-0.2, -0.15) is 11.3 Å². The Morgan fingerprint density at radius 1 is 1.38 bits per heavy atom. The minimum absolute atomic E-state index is 0.123. The van der Waals surface area contributed by atoms with Crippen molar-refractivity contribution < 1.29 is 9.90 Å². The third-order valence-electron chi connectivity index (χ3n) is 4.24. The van der Waals surface area contributed by atoms with E-state index >= 15 is 0 Å². The van der Waals surface area contributed by atoms with Crippen molar-refractivity contribution in [1.29, 1.82) is 0 Å². The van der Waals surface area contributed by atoms with E-state index in [1.807, 2.05) is 12.4 Å². The van der Waals surface area contributed by atoms with Gasteiger partial charge in [0, 0.05) is 26.2 Å². The van der Waals surface area contributed by atoms with Crippen LogP contribution in [-0.4, -0.2) is 53.6 Å². The highest BCUT2D eigenvalue weighted by Gasteiger charge is 2.23. The molecule has 5 heteroatoms. The number of hydrogen-bond acceptors (Lipinski definition) is 4. The Morgan fingerprint density at radius 2 is 2.14 bits per heavy atom. The number of likely N-dealkylation sites (N-methyl/N-ethyl adjacent to an activating group) is 1. The van der Waals surface area contributed by atoms with Gasteiger partial charge in [0.2, 0.25) is 5.91 Å². The zero-order valence-corrected chi connectivity index (χ0v) is 13.6. The molecule has 0 aliphatic heterocycles. The summed E-state index contributed by atoms with van der Waals surface area (Å²) in [7, 11) is 1.86. The molecule has 1 aromatic heterocycles. The molecule has 1 saturated carbocycles. The van der Waals surface area contributed by atoms with Gasteiger partial charge in [-0.25, -0.2) is 0 Å². The number of aliphatic hydroxyl groups excluding tert-OH is 1. The Labute approximate surface area is 131 Å². The summed E-state index contributed by atoms with van der Waals surface area (Å²) in [4.78, 5) is 16.4. The third kappa shape index (κ3) is 5.09. The molecule has 0 radical (unpaired) electrons. The molecule has 0 bridgehead atoms. The molecule has 1 aliphatic rings. The molecular weight excluding hydrogens is 284 g/mol. The maximum absolute atomic E-state index is 12.4. The lowest BCUT2D eigenvalue weighted by Crippen LogP contribution is -2.45. The number of rotatable bonds is 7. The topological polar surface area (TPSA) is 43.8 Å². The van der Waals surface area contributed by atoms with Crippen LogP contribution in [0.25, 0.3) is 0 Å². The number of amides is 1. The summed E-state index contributed by atoms with van der Waals surface area (Å²) in [5, 5.41) is 13.4. The highest BCUT2D eigenvalue weighted by Crippen LogP contribution is 2.22. The molecule has 0 unspecified atom stereocenters. The molecule has 1 aromatic rings. The molecule has 0 aromatic carbocycles. The monoisotopic (exact) mass is 310 g/mol. The molecule has 1 N–H and O–H groups in total. The largest absolute Gasteiger partial charge is 0.395 e. The lowest BCUT2D eigenvalue weighted by Gasteiger charge is -2.34. The molecular formula is C16H26N2O2S. The van der Waals surface area contributed by atoms with E-state index < -0.39 is 0 Å². The van der Waals surface area contributed by atoms with Crippen molar-refractivity contribution in [3.63, 3.8) is 0 Å². The van der Waals surface area contributed by atoms with Crippen LogP contribution in [0.2, 0.25) is 0 Å². The zero-order valence-electron chi connectivity index (χ0n) is 12.8. The van der Waals surface area contributed by atoms with Crippen molar-refractivity contribution in [3.8, 4) is 0 Å². The Kier molecular flexibility index (Phi) is 6.67. The molecule has 1 fully saturated rings. The van der Waals surface area contributed by atoms with Gasteiger partial charge >= 0.3 is 0 Å². The summed E-state index contributed by atoms with van der Waals surface area (Å²) < 4.78 is 0. The second-order valence-corrected chi connectivity index (χ2v) is 6.65. The van der Waals surface area contributed by atoms with Crippen molar-refractivity contribution in [2.24, 2.45) is 0 Å². The summed E-state index contributed by atoms with van der Waals surface area (Å²) >= 11 is 1.66. The van der Waals surface area contributed by atoms with Gasteiger partial charge in [0.1, 0.15) is 0 Å². The minimum Gasteiger partial charge on any atom is -0.395 e. The van der Waals surface area contributed by atoms with Crippen LogP contribution in [0, 0.1) is 0 Å². The van der Waals surface area contributed by atoms with Crippen LogP contribution in [0.4, 0.5) is 0 Å². The molecule has 0 spiro atoms. The number of nitrogens with zero attached hydrogens (tertiary/aromatic N) is 2. The number of carbonyl (C=O) groups excluding carboxylic acids is 1. The summed E-state index contributed by atoms with van der Waals surface area (Å²) in [6.07, 6.45) is 6.09. The predicted octanol–water partition coefficient (Wildman–Crippen LogP) is 2.33. The fourth-order valence-corrected chi connectivity index (χ4v) is 3.66. The van der Waals surface area contributed by atoms with Crippen LogP contribution < -0.4 is 0 Å². The van der Waals surface area contributed by atoms with Gasteiger partial charge in [0.05, 0.1) is 13.2 Å². The summed E-state index contributed by atoms with van der Waals surface area (Å²) in [6, 6.07) is 2.52. The first kappa shape index (κ1) is 16.5. The molecule has 1 amide bonds. The number of carbonyl (C=O) groups is 1. The average Bonchev–Trinajstić information content (AvgIpc) is 3.00. The molecule has 1 aliphatic carbocycles. The summed E-state index contributed by atoms with van der Waals surface area (Å²) in [5.74, 6) is 0.139. The van der Waals surface area contributed by atoms with Gasteiger partial charge in [-0.3, -0.25) is 9.69 Å². The predicted molar refractivity (Wildman–Crippen MR) is 86.3 cm³/mol. The Morgan fingerprint density at radius 3 is 2.76 bits per heavy atom. The molecule has 0 atom stereocenters. The third-order valence-corrected chi connectivity index (χ3v) is 4.97. The molecule has 0 saturated heterocycles. The molecule has 21 heavy (non-hydrogen) atoms. The van der Waals surface area contributed by atoms with Gasteiger partial charge in [-0.15, -0.1) is 0 Å². The fraction of sp³-hybridized carbons (Fsp3) is 0.688. The van der Waals surface area contributed by atoms with Gasteiger partial charge in [0.15, 0.2) is 0 Å². The lowest BCUT2D eigenvalue weighted by molar-refractivity contribution is -0.132. The van der Waals surface area contributed by atoms with E-state index in [9.17, 15) is 9.90 Å². The first-order valence-electron chi connectivity index (χ1n) is 7.80. The zero-order chi connectivity index (χ0) is 15.1. The maximum Gasteiger partial charge on any atom is 0.236 e. The van der Waals surface area contributed by atoms with E-state index in [-0.39, 0.29) is 12.5 Å². The first-order valence-corrected chi connectivity index (χ1v) is 8.75. The Bertz CT molecular complexity index is 416. The summed E-state index contributed by atoms with van der Waals surface area (Å²) in [5.41, 5.74) is 1.18. The fourth-order valence-electron chi connectivity index (χ4n) is 3.00. The van der Waals surface area contributed by atoms with Crippen LogP contribution in [-0.2, 0) is 11.3 Å². The Hall–Kier alpha value is -0.910. The molecule has 2 rings (SSSR count). The van der Waals surface area contributed by atoms with E-state index in [0.717, 1.165) is 12.8 Å². The van der Waals surface area contributed by atoms with Crippen LogP contribution in [0.15, 0.2) is 16.8 Å². The van der Waals surface area contributed by atoms with Crippen LogP contribution >= 0.6 is 11.3 Å². The van der Waals surface area contributed by atoms with Gasteiger partial charge in [-0.05, 0) is 35.2 Å². The number of hydrogen-bond donors (Lipinski definition) is 1. The van der Waals surface area contributed by atoms with Gasteiger partial charge in [-0.1, -0.05) is 19.3 Å².